The summed E-state index contributed by atoms with van der Waals surface area (Å²) in [5.74, 6) is 0. The average Bonchev–Trinajstić information content (AvgIpc) is 2.47. The molecule has 0 N–H and O–H groups in total. The van der Waals surface area contributed by atoms with Crippen LogP contribution in [-0.2, 0) is 0 Å². The van der Waals surface area contributed by atoms with Gasteiger partial charge < -0.3 is 4.42 Å². The molecule has 0 saturated carbocycles. The van der Waals surface area contributed by atoms with Crippen molar-refractivity contribution >= 4 is 12.2 Å². The second kappa shape index (κ2) is 3.81. The van der Waals surface area contributed by atoms with E-state index in [2.05, 4.69) is 0 Å². The zero-order chi connectivity index (χ0) is 8.10. The maximum absolute atomic E-state index is 5.19. The van der Waals surface area contributed by atoms with Gasteiger partial charge in [0.15, 0.2) is 0 Å². The molecule has 1 aromatic heterocycles. The first-order chi connectivity index (χ1) is 5.38. The molecule has 1 rings (SSSR count). The maximum Gasteiger partial charge on any atom is 0.129 e. The van der Waals surface area contributed by atoms with E-state index >= 15 is 0 Å². The Labute approximate surface area is 66.3 Å². The smallest absolute Gasteiger partial charge is 0.129 e. The Bertz CT molecular complexity index is 341. The first-order valence-corrected chi connectivity index (χ1v) is 3.71. The fourth-order valence-corrected chi connectivity index (χ4v) is 0.903. The van der Waals surface area contributed by atoms with Crippen LogP contribution in [-0.4, -0.2) is 0 Å². The van der Waals surface area contributed by atoms with Crippen LogP contribution in [0.3, 0.4) is 0 Å². The standard InChI is InChI=1S/C10H12O/c1-3-5-6-9-7-8-11-10(9)4-2/h3-8H,1-2H3. The molecule has 0 bridgehead atoms. The highest BCUT2D eigenvalue weighted by Crippen LogP contribution is 1.74. The summed E-state index contributed by atoms with van der Waals surface area (Å²) in [6.07, 6.45) is 9.67. The van der Waals surface area contributed by atoms with E-state index in [4.69, 9.17) is 4.42 Å². The topological polar surface area (TPSA) is 13.1 Å². The second-order valence-corrected chi connectivity index (χ2v) is 2.22. The summed E-state index contributed by atoms with van der Waals surface area (Å²) in [6.45, 7) is 3.96. The predicted molar refractivity (Wildman–Crippen MR) is 47.4 cm³/mol. The van der Waals surface area contributed by atoms with Crippen molar-refractivity contribution in [3.8, 4) is 0 Å². The fourth-order valence-electron chi connectivity index (χ4n) is 0.903. The van der Waals surface area contributed by atoms with Crippen molar-refractivity contribution in [1.29, 1.82) is 0 Å². The maximum atomic E-state index is 5.19. The molecule has 0 spiro atoms. The minimum absolute atomic E-state index is 0.933. The summed E-state index contributed by atoms with van der Waals surface area (Å²) >= 11 is 0. The molecule has 0 aromatic carbocycles. The predicted octanol–water partition coefficient (Wildman–Crippen LogP) is 1.44. The van der Waals surface area contributed by atoms with Crippen molar-refractivity contribution in [3.63, 3.8) is 0 Å². The van der Waals surface area contributed by atoms with E-state index in [-0.39, 0.29) is 0 Å². The molecule has 0 amide bonds. The summed E-state index contributed by atoms with van der Waals surface area (Å²) in [5, 5.41) is 1.13. The molecule has 0 saturated heterocycles. The Morgan fingerprint density at radius 1 is 1.36 bits per heavy atom. The van der Waals surface area contributed by atoms with Crippen LogP contribution in [0.2, 0.25) is 0 Å². The van der Waals surface area contributed by atoms with E-state index in [1.807, 2.05) is 44.2 Å². The van der Waals surface area contributed by atoms with Crippen molar-refractivity contribution in [2.45, 2.75) is 13.8 Å². The van der Waals surface area contributed by atoms with Crippen LogP contribution in [0.4, 0.5) is 0 Å². The highest BCUT2D eigenvalue weighted by Gasteiger charge is 1.82. The first kappa shape index (κ1) is 7.86. The third-order valence-electron chi connectivity index (χ3n) is 1.46. The molecule has 0 radical (unpaired) electrons. The largest absolute Gasteiger partial charge is 0.465 e. The lowest BCUT2D eigenvalue weighted by Gasteiger charge is -1.73. The monoisotopic (exact) mass is 148 g/mol. The van der Waals surface area contributed by atoms with Gasteiger partial charge in [-0.15, -0.1) is 0 Å². The molecule has 1 nitrogen and oxygen atoms in total. The lowest BCUT2D eigenvalue weighted by atomic mass is 10.3. The Morgan fingerprint density at radius 2 is 2.18 bits per heavy atom. The summed E-state index contributed by atoms with van der Waals surface area (Å²) < 4.78 is 5.19. The van der Waals surface area contributed by atoms with Crippen molar-refractivity contribution < 1.29 is 4.42 Å². The number of furan rings is 1. The van der Waals surface area contributed by atoms with E-state index in [0.717, 1.165) is 10.6 Å². The van der Waals surface area contributed by atoms with Crippen molar-refractivity contribution in [2.24, 2.45) is 0 Å². The fraction of sp³-hybridized carbons (Fsp3) is 0.200. The molecular weight excluding hydrogens is 136 g/mol. The van der Waals surface area contributed by atoms with Gasteiger partial charge in [0, 0.05) is 5.22 Å². The van der Waals surface area contributed by atoms with Gasteiger partial charge in [0.25, 0.3) is 0 Å². The zero-order valence-electron chi connectivity index (χ0n) is 6.87. The van der Waals surface area contributed by atoms with E-state index in [1.165, 1.54) is 0 Å². The van der Waals surface area contributed by atoms with Gasteiger partial charge in [-0.25, -0.2) is 0 Å². The van der Waals surface area contributed by atoms with Crippen LogP contribution in [0.5, 0.6) is 0 Å². The molecule has 0 aliphatic rings. The van der Waals surface area contributed by atoms with Crippen LogP contribution in [0.1, 0.15) is 13.8 Å². The van der Waals surface area contributed by atoms with Gasteiger partial charge in [0.2, 0.25) is 0 Å². The Balaban J connectivity index is 3.23. The van der Waals surface area contributed by atoms with Crippen LogP contribution >= 0.6 is 0 Å². The quantitative estimate of drug-likeness (QED) is 0.587. The van der Waals surface area contributed by atoms with E-state index in [0.29, 0.717) is 0 Å². The van der Waals surface area contributed by atoms with Gasteiger partial charge >= 0.3 is 0 Å². The highest BCUT2D eigenvalue weighted by molar-refractivity contribution is 5.36. The second-order valence-electron chi connectivity index (χ2n) is 2.22. The third kappa shape index (κ3) is 1.84. The SMILES string of the molecule is CC=CC=c1ccoc1=CC. The average molecular weight is 148 g/mol. The lowest BCUT2D eigenvalue weighted by Crippen LogP contribution is -2.17. The Hall–Kier alpha value is -1.24. The molecule has 0 fully saturated rings. The van der Waals surface area contributed by atoms with Crippen molar-refractivity contribution in [3.05, 3.63) is 35.1 Å². The molecule has 1 heteroatoms. The number of hydrogen-bond donors (Lipinski definition) is 0. The van der Waals surface area contributed by atoms with Gasteiger partial charge in [-0.05, 0) is 26.0 Å². The number of allylic oxidation sites excluding steroid dienone is 2. The highest BCUT2D eigenvalue weighted by atomic mass is 16.3. The van der Waals surface area contributed by atoms with Crippen LogP contribution < -0.4 is 10.6 Å². The summed E-state index contributed by atoms with van der Waals surface area (Å²) in [6, 6.07) is 1.95. The van der Waals surface area contributed by atoms with Crippen LogP contribution in [0.25, 0.3) is 12.2 Å². The van der Waals surface area contributed by atoms with Crippen molar-refractivity contribution in [2.75, 3.05) is 0 Å². The molecule has 0 aliphatic heterocycles. The van der Waals surface area contributed by atoms with E-state index in [1.54, 1.807) is 6.26 Å². The Morgan fingerprint density at radius 3 is 2.82 bits per heavy atom. The molecule has 0 unspecified atom stereocenters. The van der Waals surface area contributed by atoms with Crippen LogP contribution in [0, 0.1) is 0 Å². The van der Waals surface area contributed by atoms with E-state index < -0.39 is 0 Å². The number of hydrogen-bond acceptors (Lipinski definition) is 1. The van der Waals surface area contributed by atoms with E-state index in [9.17, 15) is 0 Å². The Kier molecular flexibility index (Phi) is 2.73. The molecule has 0 aliphatic carbocycles. The zero-order valence-corrected chi connectivity index (χ0v) is 6.87. The summed E-state index contributed by atoms with van der Waals surface area (Å²) in [7, 11) is 0. The van der Waals surface area contributed by atoms with Gasteiger partial charge in [0.05, 0.1) is 6.26 Å². The summed E-state index contributed by atoms with van der Waals surface area (Å²) in [5.41, 5.74) is 0.933. The normalized spacial score (nSPS) is 15.1. The molecular formula is C10H12O. The third-order valence-corrected chi connectivity index (χ3v) is 1.46. The van der Waals surface area contributed by atoms with Gasteiger partial charge in [-0.3, -0.25) is 0 Å². The molecule has 1 aromatic rings. The molecule has 11 heavy (non-hydrogen) atoms. The summed E-state index contributed by atoms with van der Waals surface area (Å²) in [4.78, 5) is 0. The first-order valence-electron chi connectivity index (χ1n) is 3.71. The lowest BCUT2D eigenvalue weighted by molar-refractivity contribution is 0.530. The minimum atomic E-state index is 0.933. The van der Waals surface area contributed by atoms with Gasteiger partial charge in [0.1, 0.15) is 5.42 Å². The van der Waals surface area contributed by atoms with Gasteiger partial charge in [-0.1, -0.05) is 18.2 Å². The van der Waals surface area contributed by atoms with Crippen molar-refractivity contribution in [1.82, 2.24) is 0 Å². The number of rotatable bonds is 1. The molecule has 0 atom stereocenters. The molecule has 58 valence electrons. The minimum Gasteiger partial charge on any atom is -0.465 e. The van der Waals surface area contributed by atoms with Gasteiger partial charge in [-0.2, -0.15) is 0 Å². The van der Waals surface area contributed by atoms with Crippen LogP contribution in [0.15, 0.2) is 28.9 Å². The molecule has 1 heterocycles.